The molecule has 0 saturated heterocycles. The van der Waals surface area contributed by atoms with E-state index >= 15 is 0 Å². The van der Waals surface area contributed by atoms with Crippen LogP contribution in [0.4, 0.5) is 24.7 Å². The maximum Gasteiger partial charge on any atom is 0.251 e. The van der Waals surface area contributed by atoms with Crippen LogP contribution in [-0.4, -0.2) is 4.98 Å². The second kappa shape index (κ2) is 4.91. The molecule has 0 atom stereocenters. The molecule has 0 aliphatic rings. The summed E-state index contributed by atoms with van der Waals surface area (Å²) in [6.07, 6.45) is 0. The van der Waals surface area contributed by atoms with Gasteiger partial charge in [-0.25, -0.2) is 8.78 Å². The highest BCUT2D eigenvalue weighted by Crippen LogP contribution is 2.20. The molecule has 0 saturated carbocycles. The third-order valence-electron chi connectivity index (χ3n) is 1.99. The molecule has 0 unspecified atom stereocenters. The number of anilines is 2. The first-order valence-electron chi connectivity index (χ1n) is 4.60. The van der Waals surface area contributed by atoms with Crippen molar-refractivity contribution in [1.82, 2.24) is 4.98 Å². The summed E-state index contributed by atoms with van der Waals surface area (Å²) < 4.78 is 39.7. The number of halogens is 4. The third-order valence-corrected chi connectivity index (χ3v) is 2.71. The van der Waals surface area contributed by atoms with Crippen molar-refractivity contribution in [2.75, 3.05) is 5.32 Å². The molecule has 0 radical (unpaired) electrons. The van der Waals surface area contributed by atoms with E-state index < -0.39 is 17.6 Å². The van der Waals surface area contributed by atoms with Gasteiger partial charge in [-0.15, -0.1) is 0 Å². The molecule has 0 aliphatic heterocycles. The van der Waals surface area contributed by atoms with E-state index in [2.05, 4.69) is 32.9 Å². The summed E-state index contributed by atoms with van der Waals surface area (Å²) in [4.78, 5) is 3.16. The number of hydrogen-bond acceptors (Lipinski definition) is 2. The molecule has 0 bridgehead atoms. The van der Waals surface area contributed by atoms with Crippen LogP contribution in [0.25, 0.3) is 0 Å². The Labute approximate surface area is 109 Å². The molecule has 6 heteroatoms. The molecule has 1 heterocycles. The molecular formula is C11H6F3IN2. The van der Waals surface area contributed by atoms with Crippen LogP contribution in [0, 0.1) is 21.2 Å². The second-order valence-electron chi connectivity index (χ2n) is 3.22. The van der Waals surface area contributed by atoms with Crippen LogP contribution in [-0.2, 0) is 0 Å². The highest BCUT2D eigenvalue weighted by molar-refractivity contribution is 14.1. The minimum absolute atomic E-state index is 0.342. The van der Waals surface area contributed by atoms with Crippen LogP contribution in [0.2, 0.25) is 0 Å². The predicted octanol–water partition coefficient (Wildman–Crippen LogP) is 3.85. The van der Waals surface area contributed by atoms with Crippen LogP contribution in [0.5, 0.6) is 0 Å². The van der Waals surface area contributed by atoms with Crippen molar-refractivity contribution in [3.05, 3.63) is 51.5 Å². The normalized spacial score (nSPS) is 10.4. The number of nitrogens with zero attached hydrogens (tertiary/aromatic N) is 1. The Hall–Kier alpha value is -1.31. The number of nitrogens with one attached hydrogen (secondary N) is 1. The van der Waals surface area contributed by atoms with E-state index in [4.69, 9.17) is 0 Å². The van der Waals surface area contributed by atoms with Gasteiger partial charge in [0.25, 0.3) is 5.95 Å². The van der Waals surface area contributed by atoms with Crippen molar-refractivity contribution in [3.63, 3.8) is 0 Å². The summed E-state index contributed by atoms with van der Waals surface area (Å²) >= 11 is 2.12. The lowest BCUT2D eigenvalue weighted by Gasteiger charge is -2.06. The first kappa shape index (κ1) is 12.2. The molecule has 2 rings (SSSR count). The van der Waals surface area contributed by atoms with Gasteiger partial charge < -0.3 is 5.32 Å². The first-order chi connectivity index (χ1) is 8.06. The Morgan fingerprint density at radius 1 is 1.00 bits per heavy atom. The largest absolute Gasteiger partial charge is 0.338 e. The van der Waals surface area contributed by atoms with Crippen molar-refractivity contribution < 1.29 is 13.2 Å². The summed E-state index contributed by atoms with van der Waals surface area (Å²) in [5.41, 5.74) is 0.544. The average Bonchev–Trinajstić information content (AvgIpc) is 2.29. The van der Waals surface area contributed by atoms with E-state index in [1.807, 2.05) is 0 Å². The van der Waals surface area contributed by atoms with Gasteiger partial charge in [-0.3, -0.25) is 0 Å². The van der Waals surface area contributed by atoms with Gasteiger partial charge in [-0.1, -0.05) is 0 Å². The standard InChI is InChI=1S/C11H6F3IN2/c12-8-5-9(13)11(17-10(8)14)16-7-3-1-6(15)2-4-7/h1-5H,(H,16,17). The predicted molar refractivity (Wildman–Crippen MR) is 66.6 cm³/mol. The minimum Gasteiger partial charge on any atom is -0.338 e. The van der Waals surface area contributed by atoms with Gasteiger partial charge in [0.1, 0.15) is 0 Å². The van der Waals surface area contributed by atoms with Crippen molar-refractivity contribution in [3.8, 4) is 0 Å². The maximum atomic E-state index is 13.3. The van der Waals surface area contributed by atoms with Crippen LogP contribution in [0.1, 0.15) is 0 Å². The van der Waals surface area contributed by atoms with Gasteiger partial charge >= 0.3 is 0 Å². The molecule has 0 amide bonds. The van der Waals surface area contributed by atoms with E-state index in [1.54, 1.807) is 24.3 Å². The summed E-state index contributed by atoms with van der Waals surface area (Å²) in [5, 5.41) is 2.57. The van der Waals surface area contributed by atoms with Crippen molar-refractivity contribution >= 4 is 34.1 Å². The van der Waals surface area contributed by atoms with E-state index in [-0.39, 0.29) is 5.82 Å². The highest BCUT2D eigenvalue weighted by atomic mass is 127. The minimum atomic E-state index is -1.33. The zero-order valence-corrected chi connectivity index (χ0v) is 10.5. The molecular weight excluding hydrogens is 344 g/mol. The SMILES string of the molecule is Fc1cc(F)c(Nc2ccc(I)cc2)nc1F. The van der Waals surface area contributed by atoms with Crippen molar-refractivity contribution in [1.29, 1.82) is 0 Å². The number of aromatic nitrogens is 1. The van der Waals surface area contributed by atoms with Gasteiger partial charge in [0.2, 0.25) is 0 Å². The molecule has 1 N–H and O–H groups in total. The molecule has 88 valence electrons. The molecule has 0 spiro atoms. The lowest BCUT2D eigenvalue weighted by Crippen LogP contribution is -2.01. The lowest BCUT2D eigenvalue weighted by molar-refractivity contribution is 0.467. The summed E-state index contributed by atoms with van der Waals surface area (Å²) in [6, 6.07) is 7.41. The molecule has 1 aromatic carbocycles. The summed E-state index contributed by atoms with van der Waals surface area (Å²) in [6.45, 7) is 0. The Morgan fingerprint density at radius 3 is 2.29 bits per heavy atom. The van der Waals surface area contributed by atoms with Crippen molar-refractivity contribution in [2.24, 2.45) is 0 Å². The maximum absolute atomic E-state index is 13.3. The van der Waals surface area contributed by atoms with Crippen LogP contribution in [0.15, 0.2) is 30.3 Å². The van der Waals surface area contributed by atoms with Crippen LogP contribution in [0.3, 0.4) is 0 Å². The smallest absolute Gasteiger partial charge is 0.251 e. The van der Waals surface area contributed by atoms with E-state index in [9.17, 15) is 13.2 Å². The van der Waals surface area contributed by atoms with Crippen molar-refractivity contribution in [2.45, 2.75) is 0 Å². The van der Waals surface area contributed by atoms with Crippen LogP contribution < -0.4 is 5.32 Å². The molecule has 2 aromatic rings. The van der Waals surface area contributed by atoms with Gasteiger partial charge in [-0.05, 0) is 46.9 Å². The Bertz CT molecular complexity index is 543. The summed E-state index contributed by atoms with van der Waals surface area (Å²) in [7, 11) is 0. The Kier molecular flexibility index (Phi) is 3.51. The lowest BCUT2D eigenvalue weighted by atomic mass is 10.3. The van der Waals surface area contributed by atoms with E-state index in [0.717, 1.165) is 3.57 Å². The van der Waals surface area contributed by atoms with Gasteiger partial charge in [0.05, 0.1) is 0 Å². The number of benzene rings is 1. The van der Waals surface area contributed by atoms with Gasteiger partial charge in [-0.2, -0.15) is 9.37 Å². The molecule has 0 fully saturated rings. The molecule has 1 aromatic heterocycles. The second-order valence-corrected chi connectivity index (χ2v) is 4.47. The van der Waals surface area contributed by atoms with E-state index in [1.165, 1.54) is 0 Å². The molecule has 0 aliphatic carbocycles. The zero-order valence-electron chi connectivity index (χ0n) is 8.35. The third kappa shape index (κ3) is 2.87. The first-order valence-corrected chi connectivity index (χ1v) is 5.68. The Morgan fingerprint density at radius 2 is 1.65 bits per heavy atom. The monoisotopic (exact) mass is 350 g/mol. The zero-order chi connectivity index (χ0) is 12.4. The fourth-order valence-electron chi connectivity index (χ4n) is 1.20. The highest BCUT2D eigenvalue weighted by Gasteiger charge is 2.11. The fourth-order valence-corrected chi connectivity index (χ4v) is 1.56. The fraction of sp³-hybridized carbons (Fsp3) is 0. The van der Waals surface area contributed by atoms with Gasteiger partial charge in [0, 0.05) is 15.3 Å². The number of rotatable bonds is 2. The molecule has 2 nitrogen and oxygen atoms in total. The van der Waals surface area contributed by atoms with Gasteiger partial charge in [0.15, 0.2) is 17.5 Å². The topological polar surface area (TPSA) is 24.9 Å². The average molecular weight is 350 g/mol. The number of pyridine rings is 1. The summed E-state index contributed by atoms with van der Waals surface area (Å²) in [5.74, 6) is -3.93. The quantitative estimate of drug-likeness (QED) is 0.658. The molecule has 17 heavy (non-hydrogen) atoms. The van der Waals surface area contributed by atoms with E-state index in [0.29, 0.717) is 11.8 Å². The number of hydrogen-bond donors (Lipinski definition) is 1. The Balaban J connectivity index is 2.30. The van der Waals surface area contributed by atoms with Crippen LogP contribution >= 0.6 is 22.6 Å².